The van der Waals surface area contributed by atoms with Crippen LogP contribution in [0.3, 0.4) is 0 Å². The summed E-state index contributed by atoms with van der Waals surface area (Å²) >= 11 is 1.71. The lowest BCUT2D eigenvalue weighted by Gasteiger charge is -2.24. The van der Waals surface area contributed by atoms with Crippen molar-refractivity contribution in [2.75, 3.05) is 11.5 Å². The van der Waals surface area contributed by atoms with Crippen molar-refractivity contribution in [2.45, 2.75) is 48.7 Å². The maximum atomic E-state index is 11.3. The molecular weight excluding hydrogens is 232 g/mol. The Hall–Kier alpha value is 0.260. The van der Waals surface area contributed by atoms with Crippen molar-refractivity contribution < 1.29 is 13.5 Å². The first-order chi connectivity index (χ1) is 7.07. The molecule has 0 aromatic carbocycles. The maximum absolute atomic E-state index is 11.3. The lowest BCUT2D eigenvalue weighted by molar-refractivity contribution is 0.207. The Balaban J connectivity index is 1.89. The zero-order valence-corrected chi connectivity index (χ0v) is 10.4. The molecule has 1 aliphatic carbocycles. The molecule has 0 bridgehead atoms. The van der Waals surface area contributed by atoms with Crippen LogP contribution in [0.1, 0.15) is 32.1 Å². The van der Waals surface area contributed by atoms with Gasteiger partial charge in [-0.2, -0.15) is 11.8 Å². The van der Waals surface area contributed by atoms with Crippen LogP contribution in [0.2, 0.25) is 0 Å². The normalized spacial score (nSPS) is 36.9. The number of aliphatic hydroxyl groups is 1. The van der Waals surface area contributed by atoms with Crippen LogP contribution in [0.15, 0.2) is 0 Å². The highest BCUT2D eigenvalue weighted by atomic mass is 32.2. The summed E-state index contributed by atoms with van der Waals surface area (Å²) in [5.74, 6) is 0.146. The van der Waals surface area contributed by atoms with E-state index in [1.807, 2.05) is 0 Å². The first-order valence-corrected chi connectivity index (χ1v) is 8.37. The van der Waals surface area contributed by atoms with Crippen molar-refractivity contribution >= 4 is 21.6 Å². The Labute approximate surface area is 95.6 Å². The zero-order valence-electron chi connectivity index (χ0n) is 8.76. The Kier molecular flexibility index (Phi) is 3.63. The van der Waals surface area contributed by atoms with E-state index in [1.165, 1.54) is 32.1 Å². The largest absolute Gasteiger partial charge is 0.391 e. The fourth-order valence-corrected chi connectivity index (χ4v) is 6.42. The smallest absolute Gasteiger partial charge is 0.154 e. The first-order valence-electron chi connectivity index (χ1n) is 5.61. The monoisotopic (exact) mass is 250 g/mol. The van der Waals surface area contributed by atoms with E-state index in [0.29, 0.717) is 5.25 Å². The molecule has 2 atom stereocenters. The second-order valence-corrected chi connectivity index (χ2v) is 8.28. The molecule has 2 aliphatic rings. The van der Waals surface area contributed by atoms with E-state index in [1.54, 1.807) is 11.8 Å². The molecular formula is C10H18O3S2. The Morgan fingerprint density at radius 3 is 2.27 bits per heavy atom. The zero-order chi connectivity index (χ0) is 10.9. The summed E-state index contributed by atoms with van der Waals surface area (Å²) in [6, 6.07) is 0. The highest BCUT2D eigenvalue weighted by molar-refractivity contribution is 8.02. The molecule has 0 unspecified atom stereocenters. The van der Waals surface area contributed by atoms with Gasteiger partial charge in [0.2, 0.25) is 0 Å². The molecule has 3 nitrogen and oxygen atoms in total. The molecule has 0 amide bonds. The summed E-state index contributed by atoms with van der Waals surface area (Å²) in [5.41, 5.74) is 0. The molecule has 5 heteroatoms. The summed E-state index contributed by atoms with van der Waals surface area (Å²) in [6.45, 7) is 0. The van der Waals surface area contributed by atoms with Gasteiger partial charge in [0.1, 0.15) is 0 Å². The van der Waals surface area contributed by atoms with E-state index in [9.17, 15) is 13.5 Å². The molecule has 2 rings (SSSR count). The summed E-state index contributed by atoms with van der Waals surface area (Å²) in [4.78, 5) is 0. The van der Waals surface area contributed by atoms with Crippen LogP contribution in [0.4, 0.5) is 0 Å². The van der Waals surface area contributed by atoms with E-state index in [4.69, 9.17) is 0 Å². The minimum absolute atomic E-state index is 0.0304. The van der Waals surface area contributed by atoms with E-state index in [-0.39, 0.29) is 16.8 Å². The van der Waals surface area contributed by atoms with Gasteiger partial charge in [0.05, 0.1) is 17.6 Å². The highest BCUT2D eigenvalue weighted by Gasteiger charge is 2.38. The van der Waals surface area contributed by atoms with Gasteiger partial charge in [-0.15, -0.1) is 0 Å². The van der Waals surface area contributed by atoms with Crippen LogP contribution >= 0.6 is 11.8 Å². The highest BCUT2D eigenvalue weighted by Crippen LogP contribution is 2.35. The van der Waals surface area contributed by atoms with E-state index in [2.05, 4.69) is 0 Å². The molecule has 1 saturated heterocycles. The molecule has 15 heavy (non-hydrogen) atoms. The van der Waals surface area contributed by atoms with Crippen molar-refractivity contribution in [3.05, 3.63) is 0 Å². The Morgan fingerprint density at radius 1 is 1.07 bits per heavy atom. The fourth-order valence-electron chi connectivity index (χ4n) is 2.38. The molecule has 1 saturated carbocycles. The van der Waals surface area contributed by atoms with Gasteiger partial charge in [0.25, 0.3) is 0 Å². The van der Waals surface area contributed by atoms with Crippen LogP contribution in [-0.4, -0.2) is 41.6 Å². The lowest BCUT2D eigenvalue weighted by Crippen LogP contribution is -2.24. The van der Waals surface area contributed by atoms with Gasteiger partial charge in [0, 0.05) is 10.5 Å². The van der Waals surface area contributed by atoms with Crippen LogP contribution in [-0.2, 0) is 9.84 Å². The average Bonchev–Trinajstić information content (AvgIpc) is 2.41. The average molecular weight is 250 g/mol. The predicted molar refractivity (Wildman–Crippen MR) is 62.9 cm³/mol. The summed E-state index contributed by atoms with van der Waals surface area (Å²) in [7, 11) is -2.97. The number of hydrogen-bond acceptors (Lipinski definition) is 4. The molecule has 1 N–H and O–H groups in total. The maximum Gasteiger partial charge on any atom is 0.154 e. The minimum atomic E-state index is -2.97. The third kappa shape index (κ3) is 3.11. The third-order valence-electron chi connectivity index (χ3n) is 3.19. The van der Waals surface area contributed by atoms with Crippen molar-refractivity contribution in [3.63, 3.8) is 0 Å². The molecule has 1 aliphatic heterocycles. The van der Waals surface area contributed by atoms with Crippen molar-refractivity contribution in [3.8, 4) is 0 Å². The van der Waals surface area contributed by atoms with E-state index >= 15 is 0 Å². The second kappa shape index (κ2) is 4.63. The number of aliphatic hydroxyl groups excluding tert-OH is 1. The summed E-state index contributed by atoms with van der Waals surface area (Å²) < 4.78 is 22.6. The second-order valence-electron chi connectivity index (χ2n) is 4.58. The summed E-state index contributed by atoms with van der Waals surface area (Å²) in [6.07, 6.45) is 5.56. The van der Waals surface area contributed by atoms with Gasteiger partial charge in [0.15, 0.2) is 9.84 Å². The molecule has 2 fully saturated rings. The third-order valence-corrected chi connectivity index (χ3v) is 6.81. The fraction of sp³-hybridized carbons (Fsp3) is 1.00. The van der Waals surface area contributed by atoms with Gasteiger partial charge < -0.3 is 5.11 Å². The van der Waals surface area contributed by atoms with Crippen LogP contribution < -0.4 is 0 Å². The van der Waals surface area contributed by atoms with Crippen LogP contribution in [0.5, 0.6) is 0 Å². The molecule has 1 heterocycles. The Bertz CT molecular complexity index is 307. The Morgan fingerprint density at radius 2 is 1.73 bits per heavy atom. The van der Waals surface area contributed by atoms with Gasteiger partial charge in [-0.1, -0.05) is 19.3 Å². The van der Waals surface area contributed by atoms with Crippen molar-refractivity contribution in [2.24, 2.45) is 0 Å². The van der Waals surface area contributed by atoms with E-state index in [0.717, 1.165) is 0 Å². The lowest BCUT2D eigenvalue weighted by atomic mass is 10.0. The number of rotatable bonds is 2. The van der Waals surface area contributed by atoms with Crippen molar-refractivity contribution in [1.29, 1.82) is 0 Å². The number of thioether (sulfide) groups is 1. The van der Waals surface area contributed by atoms with E-state index < -0.39 is 15.9 Å². The van der Waals surface area contributed by atoms with Gasteiger partial charge in [-0.3, -0.25) is 0 Å². The topological polar surface area (TPSA) is 54.4 Å². The van der Waals surface area contributed by atoms with Gasteiger partial charge in [-0.25, -0.2) is 8.42 Å². The SMILES string of the molecule is O=S1(=O)C[C@@H](O)[C@H](SC2CCCCC2)C1. The van der Waals surface area contributed by atoms with Gasteiger partial charge in [-0.05, 0) is 12.8 Å². The van der Waals surface area contributed by atoms with Gasteiger partial charge >= 0.3 is 0 Å². The quantitative estimate of drug-likeness (QED) is 0.800. The van der Waals surface area contributed by atoms with Crippen LogP contribution in [0, 0.1) is 0 Å². The first kappa shape index (κ1) is 11.7. The minimum Gasteiger partial charge on any atom is -0.391 e. The molecule has 88 valence electrons. The predicted octanol–water partition coefficient (Wildman–Crippen LogP) is 1.21. The van der Waals surface area contributed by atoms with Crippen LogP contribution in [0.25, 0.3) is 0 Å². The molecule has 0 aromatic rings. The molecule has 0 radical (unpaired) electrons. The number of sulfone groups is 1. The molecule has 0 spiro atoms. The summed E-state index contributed by atoms with van der Waals surface area (Å²) in [5, 5.41) is 10.2. The van der Waals surface area contributed by atoms with Crippen molar-refractivity contribution in [1.82, 2.24) is 0 Å². The standard InChI is InChI=1S/C10H18O3S2/c11-9-6-15(12,13)7-10(9)14-8-4-2-1-3-5-8/h8-11H,1-7H2/t9-,10-/m1/s1. The number of hydrogen-bond donors (Lipinski definition) is 1. The molecule has 0 aromatic heterocycles.